The highest BCUT2D eigenvalue weighted by Crippen LogP contribution is 2.29. The Morgan fingerprint density at radius 3 is 2.32 bits per heavy atom. The zero-order valence-electron chi connectivity index (χ0n) is 17.0. The molecule has 0 fully saturated rings. The first-order valence-electron chi connectivity index (χ1n) is 9.54. The van der Waals surface area contributed by atoms with Gasteiger partial charge in [-0.05, 0) is 48.0 Å². The van der Waals surface area contributed by atoms with E-state index in [9.17, 15) is 9.59 Å². The van der Waals surface area contributed by atoms with Gasteiger partial charge in [0, 0.05) is 0 Å². The molecule has 0 amide bonds. The van der Waals surface area contributed by atoms with Gasteiger partial charge in [0.2, 0.25) is 11.7 Å². The first-order valence-corrected chi connectivity index (χ1v) is 9.54. The number of carbonyl (C=O) groups excluding carboxylic acids is 2. The Morgan fingerprint density at radius 1 is 0.903 bits per heavy atom. The van der Waals surface area contributed by atoms with Crippen LogP contribution in [0.1, 0.15) is 32.2 Å². The average Bonchev–Trinajstić information content (AvgIpc) is 3.26. The molecule has 6 nitrogen and oxygen atoms in total. The van der Waals surface area contributed by atoms with Gasteiger partial charge in [0.25, 0.3) is 0 Å². The molecule has 0 aliphatic heterocycles. The van der Waals surface area contributed by atoms with Gasteiger partial charge < -0.3 is 13.9 Å². The number of ketones is 1. The topological polar surface area (TPSA) is 78.6 Å². The number of fused-ring (bicyclic) bond motifs is 1. The summed E-state index contributed by atoms with van der Waals surface area (Å²) < 4.78 is 16.0. The Labute approximate surface area is 178 Å². The standard InChI is InChI=1S/C25H19NO5/c1-29-21-9-5-3-7-18(21)23(27)19(24-26-20-8-4-6-10-22(20)31-24)15-16-11-13-17(14-12-16)25(28)30-2/h3-15H,1-2H3/b19-15-. The molecule has 0 saturated carbocycles. The number of esters is 1. The predicted octanol–water partition coefficient (Wildman–Crippen LogP) is 5.05. The summed E-state index contributed by atoms with van der Waals surface area (Å²) in [5.41, 5.74) is 3.01. The monoisotopic (exact) mass is 413 g/mol. The predicted molar refractivity (Wildman–Crippen MR) is 117 cm³/mol. The molecule has 3 aromatic carbocycles. The zero-order valence-corrected chi connectivity index (χ0v) is 17.0. The van der Waals surface area contributed by atoms with E-state index in [1.54, 1.807) is 60.7 Å². The van der Waals surface area contributed by atoms with Crippen LogP contribution in [-0.4, -0.2) is 31.0 Å². The fourth-order valence-electron chi connectivity index (χ4n) is 3.19. The summed E-state index contributed by atoms with van der Waals surface area (Å²) in [4.78, 5) is 29.7. The Balaban J connectivity index is 1.83. The van der Waals surface area contributed by atoms with E-state index in [1.165, 1.54) is 14.2 Å². The van der Waals surface area contributed by atoms with Gasteiger partial charge >= 0.3 is 5.97 Å². The van der Waals surface area contributed by atoms with Crippen LogP contribution in [0.3, 0.4) is 0 Å². The largest absolute Gasteiger partial charge is 0.496 e. The molecule has 0 aliphatic carbocycles. The van der Waals surface area contributed by atoms with Crippen molar-refractivity contribution in [3.63, 3.8) is 0 Å². The number of benzene rings is 3. The minimum Gasteiger partial charge on any atom is -0.496 e. The Bertz CT molecular complexity index is 1250. The number of hydrogen-bond donors (Lipinski definition) is 0. The summed E-state index contributed by atoms with van der Waals surface area (Å²) in [6.07, 6.45) is 1.68. The van der Waals surface area contributed by atoms with Gasteiger partial charge in [-0.2, -0.15) is 0 Å². The number of rotatable bonds is 6. The minimum absolute atomic E-state index is 0.203. The van der Waals surface area contributed by atoms with Crippen LogP contribution in [0.2, 0.25) is 0 Å². The number of aromatic nitrogens is 1. The van der Waals surface area contributed by atoms with Crippen LogP contribution in [0, 0.1) is 0 Å². The van der Waals surface area contributed by atoms with Gasteiger partial charge in [0.15, 0.2) is 5.58 Å². The average molecular weight is 413 g/mol. The lowest BCUT2D eigenvalue weighted by Crippen LogP contribution is -2.05. The van der Waals surface area contributed by atoms with E-state index in [-0.39, 0.29) is 17.2 Å². The van der Waals surface area contributed by atoms with Gasteiger partial charge in [0.05, 0.1) is 30.9 Å². The zero-order chi connectivity index (χ0) is 21.8. The van der Waals surface area contributed by atoms with E-state index in [2.05, 4.69) is 4.98 Å². The van der Waals surface area contributed by atoms with Crippen molar-refractivity contribution in [2.24, 2.45) is 0 Å². The van der Waals surface area contributed by atoms with Gasteiger partial charge in [-0.15, -0.1) is 0 Å². The molecule has 4 aromatic rings. The maximum absolute atomic E-state index is 13.5. The molecule has 0 radical (unpaired) electrons. The second-order valence-electron chi connectivity index (χ2n) is 6.69. The van der Waals surface area contributed by atoms with E-state index >= 15 is 0 Å². The van der Waals surface area contributed by atoms with Crippen molar-refractivity contribution < 1.29 is 23.5 Å². The summed E-state index contributed by atoms with van der Waals surface area (Å²) in [5, 5.41) is 0. The highest BCUT2D eigenvalue weighted by molar-refractivity contribution is 6.32. The lowest BCUT2D eigenvalue weighted by Gasteiger charge is -2.09. The second-order valence-corrected chi connectivity index (χ2v) is 6.69. The molecule has 6 heteroatoms. The lowest BCUT2D eigenvalue weighted by atomic mass is 9.99. The molecule has 4 rings (SSSR count). The van der Waals surface area contributed by atoms with Crippen LogP contribution in [0.15, 0.2) is 77.2 Å². The first-order chi connectivity index (χ1) is 15.1. The van der Waals surface area contributed by atoms with Crippen molar-refractivity contribution in [1.29, 1.82) is 0 Å². The Morgan fingerprint density at radius 2 is 1.61 bits per heavy atom. The number of nitrogens with zero attached hydrogens (tertiary/aromatic N) is 1. The molecule has 0 aliphatic rings. The molecule has 1 heterocycles. The van der Waals surface area contributed by atoms with Crippen molar-refractivity contribution in [3.05, 3.63) is 95.4 Å². The maximum Gasteiger partial charge on any atom is 0.337 e. The van der Waals surface area contributed by atoms with Gasteiger partial charge in [0.1, 0.15) is 11.3 Å². The summed E-state index contributed by atoms with van der Waals surface area (Å²) in [5.74, 6) is -0.0643. The molecule has 0 bridgehead atoms. The quantitative estimate of drug-likeness (QED) is 0.250. The molecule has 0 spiro atoms. The number of Topliss-reactive ketones (excluding diaryl/α,β-unsaturated/α-hetero) is 1. The molecule has 0 unspecified atom stereocenters. The molecular formula is C25H19NO5. The number of carbonyl (C=O) groups is 2. The first kappa shape index (κ1) is 20.1. The smallest absolute Gasteiger partial charge is 0.337 e. The van der Waals surface area contributed by atoms with Crippen LogP contribution in [0.5, 0.6) is 5.75 Å². The van der Waals surface area contributed by atoms with Gasteiger partial charge in [-0.25, -0.2) is 9.78 Å². The Hall–Kier alpha value is -4.19. The van der Waals surface area contributed by atoms with E-state index < -0.39 is 5.97 Å². The molecule has 1 aromatic heterocycles. The molecule has 31 heavy (non-hydrogen) atoms. The number of ether oxygens (including phenoxy) is 2. The fourth-order valence-corrected chi connectivity index (χ4v) is 3.19. The van der Waals surface area contributed by atoms with E-state index in [0.717, 1.165) is 0 Å². The second kappa shape index (κ2) is 8.67. The highest BCUT2D eigenvalue weighted by Gasteiger charge is 2.23. The van der Waals surface area contributed by atoms with Crippen molar-refractivity contribution in [2.75, 3.05) is 14.2 Å². The van der Waals surface area contributed by atoms with Crippen LogP contribution in [-0.2, 0) is 4.74 Å². The number of oxazole rings is 1. The molecule has 0 N–H and O–H groups in total. The van der Waals surface area contributed by atoms with E-state index in [0.29, 0.717) is 33.5 Å². The molecule has 0 atom stereocenters. The summed E-state index contributed by atoms with van der Waals surface area (Å²) in [7, 11) is 2.84. The lowest BCUT2D eigenvalue weighted by molar-refractivity contribution is 0.0600. The third kappa shape index (κ3) is 4.09. The van der Waals surface area contributed by atoms with Crippen molar-refractivity contribution in [1.82, 2.24) is 4.98 Å². The van der Waals surface area contributed by atoms with Crippen LogP contribution in [0.25, 0.3) is 22.7 Å². The number of methoxy groups -OCH3 is 2. The molecular weight excluding hydrogens is 394 g/mol. The highest BCUT2D eigenvalue weighted by atomic mass is 16.5. The maximum atomic E-state index is 13.5. The summed E-state index contributed by atoms with van der Waals surface area (Å²) >= 11 is 0. The number of hydrogen-bond acceptors (Lipinski definition) is 6. The minimum atomic E-state index is -0.431. The summed E-state index contributed by atoms with van der Waals surface area (Å²) in [6, 6.07) is 21.0. The third-order valence-corrected chi connectivity index (χ3v) is 4.76. The van der Waals surface area contributed by atoms with Crippen molar-refractivity contribution in [2.45, 2.75) is 0 Å². The molecule has 154 valence electrons. The SMILES string of the molecule is COC(=O)c1ccc(/C=C(/C(=O)c2ccccc2OC)c2nc3ccccc3o2)cc1. The number of para-hydroxylation sites is 3. The fraction of sp³-hybridized carbons (Fsp3) is 0.0800. The van der Waals surface area contributed by atoms with Crippen LogP contribution >= 0.6 is 0 Å². The van der Waals surface area contributed by atoms with Crippen LogP contribution in [0.4, 0.5) is 0 Å². The van der Waals surface area contributed by atoms with Gasteiger partial charge in [-0.1, -0.05) is 36.4 Å². The van der Waals surface area contributed by atoms with Gasteiger partial charge in [-0.3, -0.25) is 4.79 Å². The molecule has 0 saturated heterocycles. The normalized spacial score (nSPS) is 11.4. The van der Waals surface area contributed by atoms with E-state index in [4.69, 9.17) is 13.9 Å². The van der Waals surface area contributed by atoms with Crippen molar-refractivity contribution in [3.8, 4) is 5.75 Å². The van der Waals surface area contributed by atoms with Crippen LogP contribution < -0.4 is 4.74 Å². The van der Waals surface area contributed by atoms with Crippen molar-refractivity contribution >= 4 is 34.5 Å². The summed E-state index contributed by atoms with van der Waals surface area (Å²) in [6.45, 7) is 0. The third-order valence-electron chi connectivity index (χ3n) is 4.76. The van der Waals surface area contributed by atoms with E-state index in [1.807, 2.05) is 18.2 Å². The number of allylic oxidation sites excluding steroid dienone is 1. The Kier molecular flexibility index (Phi) is 5.62.